The number of nitrogens with zero attached hydrogens (tertiary/aromatic N) is 6. The molecular weight excluding hydrogens is 426 g/mol. The largest absolute Gasteiger partial charge is 0.343 e. The number of aromatic nitrogens is 6. The Morgan fingerprint density at radius 1 is 1.06 bits per heavy atom. The molecule has 2 saturated carbocycles. The molecule has 0 radical (unpaired) electrons. The van der Waals surface area contributed by atoms with E-state index in [1.165, 1.54) is 18.4 Å². The fraction of sp³-hybridized carbons (Fsp3) is 0.385. The summed E-state index contributed by atoms with van der Waals surface area (Å²) in [5.74, 6) is 2.02. The van der Waals surface area contributed by atoms with Crippen LogP contribution in [-0.4, -0.2) is 28.7 Å². The third-order valence-corrected chi connectivity index (χ3v) is 6.95. The summed E-state index contributed by atoms with van der Waals surface area (Å²) in [6.07, 6.45) is 12.1. The lowest BCUT2D eigenvalue weighted by molar-refractivity contribution is 0.740. The molecule has 0 bridgehead atoms. The van der Waals surface area contributed by atoms with Crippen LogP contribution in [-0.2, 0) is 12.6 Å². The van der Waals surface area contributed by atoms with Gasteiger partial charge in [-0.1, -0.05) is 26.0 Å². The van der Waals surface area contributed by atoms with Crippen molar-refractivity contribution in [3.63, 3.8) is 0 Å². The average molecular weight is 456 g/mol. The second kappa shape index (κ2) is 7.68. The zero-order chi connectivity index (χ0) is 23.4. The highest BCUT2D eigenvalue weighted by Crippen LogP contribution is 2.47. The fourth-order valence-electron chi connectivity index (χ4n) is 4.58. The van der Waals surface area contributed by atoms with Crippen molar-refractivity contribution >= 4 is 5.95 Å². The minimum Gasteiger partial charge on any atom is -0.343 e. The van der Waals surface area contributed by atoms with E-state index < -0.39 is 0 Å². The smallest absolute Gasteiger partial charge is 0.333 e. The standard InChI is InChI=1S/C26H29N7O/c1-17(2)21-14-31(3)25(34)33(21)23-10-13-27-24(29-23)30-26(11-12-26)22-15-32(16-28-22)20-8-6-19(7-9-20)18-4-5-18/h6-10,13-18H,4-5,11-12H2,1-3H3,(H,27,29,30). The van der Waals surface area contributed by atoms with E-state index in [9.17, 15) is 4.79 Å². The first kappa shape index (κ1) is 20.9. The van der Waals surface area contributed by atoms with Gasteiger partial charge in [0.2, 0.25) is 5.95 Å². The number of imidazole rings is 2. The highest BCUT2D eigenvalue weighted by Gasteiger charge is 2.47. The molecule has 34 heavy (non-hydrogen) atoms. The molecule has 0 unspecified atom stereocenters. The maximum absolute atomic E-state index is 12.8. The van der Waals surface area contributed by atoms with Crippen LogP contribution in [0, 0.1) is 0 Å². The van der Waals surface area contributed by atoms with Crippen molar-refractivity contribution in [3.8, 4) is 11.5 Å². The summed E-state index contributed by atoms with van der Waals surface area (Å²) >= 11 is 0. The van der Waals surface area contributed by atoms with Gasteiger partial charge in [0.05, 0.1) is 17.6 Å². The SMILES string of the molecule is CC(C)c1cn(C)c(=O)n1-c1ccnc(NC2(c3cn(-c4ccc(C5CC5)cc4)cn3)CC2)n1. The number of nitrogens with one attached hydrogen (secondary N) is 1. The fourth-order valence-corrected chi connectivity index (χ4v) is 4.58. The van der Waals surface area contributed by atoms with Gasteiger partial charge in [0.25, 0.3) is 0 Å². The van der Waals surface area contributed by atoms with Gasteiger partial charge in [0.1, 0.15) is 5.82 Å². The van der Waals surface area contributed by atoms with Crippen molar-refractivity contribution in [1.82, 2.24) is 28.7 Å². The molecule has 1 N–H and O–H groups in total. The van der Waals surface area contributed by atoms with Gasteiger partial charge in [-0.05, 0) is 55.2 Å². The van der Waals surface area contributed by atoms with Crippen LogP contribution in [0.3, 0.4) is 0 Å². The highest BCUT2D eigenvalue weighted by molar-refractivity contribution is 5.43. The first-order valence-corrected chi connectivity index (χ1v) is 12.0. The van der Waals surface area contributed by atoms with E-state index in [1.54, 1.807) is 28.4 Å². The normalized spacial score (nSPS) is 16.7. The van der Waals surface area contributed by atoms with Gasteiger partial charge < -0.3 is 14.5 Å². The minimum absolute atomic E-state index is 0.110. The van der Waals surface area contributed by atoms with Crippen LogP contribution in [0.1, 0.15) is 68.3 Å². The van der Waals surface area contributed by atoms with Crippen LogP contribution in [0.5, 0.6) is 0 Å². The Balaban J connectivity index is 1.26. The van der Waals surface area contributed by atoms with Crippen molar-refractivity contribution < 1.29 is 0 Å². The molecule has 4 aromatic rings. The molecule has 3 heterocycles. The summed E-state index contributed by atoms with van der Waals surface area (Å²) in [5, 5.41) is 3.51. The number of hydrogen-bond donors (Lipinski definition) is 1. The summed E-state index contributed by atoms with van der Waals surface area (Å²) in [6, 6.07) is 10.6. The first-order valence-electron chi connectivity index (χ1n) is 12.0. The Labute approximate surface area is 198 Å². The third kappa shape index (κ3) is 3.63. The lowest BCUT2D eigenvalue weighted by Crippen LogP contribution is -2.25. The van der Waals surface area contributed by atoms with E-state index >= 15 is 0 Å². The number of anilines is 1. The zero-order valence-corrected chi connectivity index (χ0v) is 19.8. The second-order valence-corrected chi connectivity index (χ2v) is 9.92. The van der Waals surface area contributed by atoms with Crippen LogP contribution < -0.4 is 11.0 Å². The van der Waals surface area contributed by atoms with Gasteiger partial charge >= 0.3 is 5.69 Å². The zero-order valence-electron chi connectivity index (χ0n) is 19.8. The molecule has 2 fully saturated rings. The summed E-state index contributed by atoms with van der Waals surface area (Å²) in [4.78, 5) is 26.6. The van der Waals surface area contributed by atoms with Crippen molar-refractivity contribution in [2.45, 2.75) is 56.9 Å². The lowest BCUT2D eigenvalue weighted by atomic mass is 10.1. The molecular formula is C26H29N7O. The maximum Gasteiger partial charge on any atom is 0.333 e. The first-order chi connectivity index (χ1) is 16.4. The molecule has 8 heteroatoms. The molecule has 6 rings (SSSR count). The van der Waals surface area contributed by atoms with Crippen molar-refractivity contribution in [3.05, 3.63) is 82.7 Å². The Morgan fingerprint density at radius 2 is 1.82 bits per heavy atom. The molecule has 2 aliphatic rings. The Morgan fingerprint density at radius 3 is 2.50 bits per heavy atom. The lowest BCUT2D eigenvalue weighted by Gasteiger charge is -2.16. The predicted octanol–water partition coefficient (Wildman–Crippen LogP) is 4.25. The summed E-state index contributed by atoms with van der Waals surface area (Å²) < 4.78 is 5.33. The summed E-state index contributed by atoms with van der Waals surface area (Å²) in [7, 11) is 1.76. The molecule has 0 aliphatic heterocycles. The van der Waals surface area contributed by atoms with Gasteiger partial charge in [-0.2, -0.15) is 4.98 Å². The molecule has 0 amide bonds. The van der Waals surface area contributed by atoms with Crippen LogP contribution in [0.4, 0.5) is 5.95 Å². The number of aryl methyl sites for hydroxylation is 1. The second-order valence-electron chi connectivity index (χ2n) is 9.92. The minimum atomic E-state index is -0.277. The van der Waals surface area contributed by atoms with Crippen LogP contribution in [0.15, 0.2) is 60.0 Å². The third-order valence-electron chi connectivity index (χ3n) is 6.95. The van der Waals surface area contributed by atoms with Gasteiger partial charge in [-0.3, -0.25) is 0 Å². The monoisotopic (exact) mass is 455 g/mol. The average Bonchev–Trinajstić information content (AvgIpc) is 3.75. The molecule has 8 nitrogen and oxygen atoms in total. The van der Waals surface area contributed by atoms with E-state index in [0.29, 0.717) is 11.8 Å². The van der Waals surface area contributed by atoms with E-state index in [1.807, 2.05) is 12.5 Å². The van der Waals surface area contributed by atoms with Crippen LogP contribution in [0.2, 0.25) is 0 Å². The van der Waals surface area contributed by atoms with E-state index in [4.69, 9.17) is 9.97 Å². The number of hydrogen-bond acceptors (Lipinski definition) is 5. The molecule has 0 spiro atoms. The Kier molecular flexibility index (Phi) is 4.72. The Bertz CT molecular complexity index is 1400. The van der Waals surface area contributed by atoms with Crippen LogP contribution >= 0.6 is 0 Å². The van der Waals surface area contributed by atoms with E-state index in [-0.39, 0.29) is 17.1 Å². The molecule has 1 aromatic carbocycles. The maximum atomic E-state index is 12.8. The quantitative estimate of drug-likeness (QED) is 0.450. The summed E-state index contributed by atoms with van der Waals surface area (Å²) in [5.41, 5.74) is 4.06. The van der Waals surface area contributed by atoms with Crippen molar-refractivity contribution in [2.24, 2.45) is 7.05 Å². The van der Waals surface area contributed by atoms with Crippen LogP contribution in [0.25, 0.3) is 11.5 Å². The predicted molar refractivity (Wildman–Crippen MR) is 131 cm³/mol. The van der Waals surface area contributed by atoms with Gasteiger partial charge in [-0.15, -0.1) is 0 Å². The van der Waals surface area contributed by atoms with Crippen molar-refractivity contribution in [1.29, 1.82) is 0 Å². The molecule has 174 valence electrons. The molecule has 3 aromatic heterocycles. The van der Waals surface area contributed by atoms with E-state index in [2.05, 4.69) is 59.2 Å². The number of rotatable bonds is 7. The van der Waals surface area contributed by atoms with Gasteiger partial charge in [0, 0.05) is 43.1 Å². The van der Waals surface area contributed by atoms with Gasteiger partial charge in [0.15, 0.2) is 0 Å². The van der Waals surface area contributed by atoms with Crippen molar-refractivity contribution in [2.75, 3.05) is 5.32 Å². The van der Waals surface area contributed by atoms with Gasteiger partial charge in [-0.25, -0.2) is 19.3 Å². The molecule has 0 saturated heterocycles. The molecule has 2 aliphatic carbocycles. The summed E-state index contributed by atoms with van der Waals surface area (Å²) in [6.45, 7) is 4.14. The topological polar surface area (TPSA) is 82.6 Å². The highest BCUT2D eigenvalue weighted by atomic mass is 16.1. The number of benzene rings is 1. The molecule has 0 atom stereocenters. The Hall–Kier alpha value is -3.68. The van der Waals surface area contributed by atoms with E-state index in [0.717, 1.165) is 35.8 Å².